The molecule has 1 aliphatic carbocycles. The number of hydrogen-bond acceptors (Lipinski definition) is 3. The summed E-state index contributed by atoms with van der Waals surface area (Å²) in [6.45, 7) is 0.698. The minimum absolute atomic E-state index is 0.0348. The summed E-state index contributed by atoms with van der Waals surface area (Å²) < 4.78 is 4.71. The lowest BCUT2D eigenvalue weighted by molar-refractivity contribution is -0.143. The monoisotopic (exact) mass is 219 g/mol. The third-order valence-corrected chi connectivity index (χ3v) is 3.24. The van der Waals surface area contributed by atoms with Gasteiger partial charge in [-0.05, 0) is 30.0 Å². The molecule has 0 aliphatic heterocycles. The summed E-state index contributed by atoms with van der Waals surface area (Å²) in [4.78, 5) is 13.9. The van der Waals surface area contributed by atoms with Crippen molar-refractivity contribution in [1.29, 1.82) is 0 Å². The number of halogens is 1. The van der Waals surface area contributed by atoms with E-state index in [-0.39, 0.29) is 11.4 Å². The molecule has 3 nitrogen and oxygen atoms in total. The van der Waals surface area contributed by atoms with E-state index in [0.29, 0.717) is 13.0 Å². The van der Waals surface area contributed by atoms with Gasteiger partial charge in [-0.25, -0.2) is 4.84 Å². The second-order valence-corrected chi connectivity index (χ2v) is 4.39. The number of carbonyl (C=O) groups is 1. The first-order valence-corrected chi connectivity index (χ1v) is 5.50. The molecule has 0 aromatic carbocycles. The average Bonchev–Trinajstić information content (AvgIpc) is 2.19. The van der Waals surface area contributed by atoms with E-state index in [1.165, 1.54) is 26.4 Å². The highest BCUT2D eigenvalue weighted by Gasteiger charge is 2.34. The highest BCUT2D eigenvalue weighted by molar-refractivity contribution is 6.13. The highest BCUT2D eigenvalue weighted by Crippen LogP contribution is 2.39. The van der Waals surface area contributed by atoms with E-state index in [1.54, 1.807) is 0 Å². The summed E-state index contributed by atoms with van der Waals surface area (Å²) >= 11 is 5.55. The molecule has 0 heterocycles. The van der Waals surface area contributed by atoms with Crippen LogP contribution in [0.25, 0.3) is 0 Å². The van der Waals surface area contributed by atoms with Crippen LogP contribution >= 0.6 is 11.8 Å². The molecule has 0 bridgehead atoms. The second-order valence-electron chi connectivity index (χ2n) is 4.12. The van der Waals surface area contributed by atoms with Crippen LogP contribution in [0.3, 0.4) is 0 Å². The Kier molecular flexibility index (Phi) is 4.69. The van der Waals surface area contributed by atoms with Crippen LogP contribution in [-0.4, -0.2) is 19.6 Å². The predicted molar refractivity (Wildman–Crippen MR) is 56.0 cm³/mol. The second kappa shape index (κ2) is 5.56. The van der Waals surface area contributed by atoms with Gasteiger partial charge in [-0.3, -0.25) is 4.79 Å². The van der Waals surface area contributed by atoms with Gasteiger partial charge in [-0.15, -0.1) is 0 Å². The van der Waals surface area contributed by atoms with Gasteiger partial charge in [-0.2, -0.15) is 0 Å². The molecule has 0 saturated heterocycles. The number of carbonyl (C=O) groups excluding carboxylic acids is 1. The first kappa shape index (κ1) is 11.8. The summed E-state index contributed by atoms with van der Waals surface area (Å²) in [5, 5.41) is 0. The standard InChI is InChI=1S/C10H18ClNO2/c1-14-9(13)7-10(8-12-11)5-3-2-4-6-10/h12H,2-8H2,1H3. The first-order valence-electron chi connectivity index (χ1n) is 5.13. The number of methoxy groups -OCH3 is 1. The maximum Gasteiger partial charge on any atom is 0.306 e. The SMILES string of the molecule is COC(=O)CC1(CNCl)CCCCC1. The third kappa shape index (κ3) is 3.14. The Hall–Kier alpha value is -0.280. The molecule has 4 heteroatoms. The summed E-state index contributed by atoms with van der Waals surface area (Å²) in [7, 11) is 1.44. The van der Waals surface area contributed by atoms with Gasteiger partial charge in [0.15, 0.2) is 0 Å². The smallest absolute Gasteiger partial charge is 0.306 e. The maximum atomic E-state index is 11.3. The van der Waals surface area contributed by atoms with E-state index < -0.39 is 0 Å². The van der Waals surface area contributed by atoms with Gasteiger partial charge in [-0.1, -0.05) is 19.3 Å². The van der Waals surface area contributed by atoms with E-state index in [0.717, 1.165) is 12.8 Å². The number of rotatable bonds is 4. The van der Waals surface area contributed by atoms with E-state index >= 15 is 0 Å². The van der Waals surface area contributed by atoms with Crippen molar-refractivity contribution >= 4 is 17.7 Å². The molecule has 0 amide bonds. The van der Waals surface area contributed by atoms with Gasteiger partial charge in [0.25, 0.3) is 0 Å². The van der Waals surface area contributed by atoms with Crippen LogP contribution in [0.15, 0.2) is 0 Å². The van der Waals surface area contributed by atoms with Gasteiger partial charge in [0.1, 0.15) is 0 Å². The summed E-state index contributed by atoms with van der Waals surface area (Å²) in [6.07, 6.45) is 6.28. The zero-order chi connectivity index (χ0) is 10.4. The molecule has 14 heavy (non-hydrogen) atoms. The molecule has 1 fully saturated rings. The average molecular weight is 220 g/mol. The predicted octanol–water partition coefficient (Wildman–Crippen LogP) is 2.24. The quantitative estimate of drug-likeness (QED) is 0.582. The van der Waals surface area contributed by atoms with E-state index in [1.807, 2.05) is 0 Å². The fourth-order valence-corrected chi connectivity index (χ4v) is 2.52. The molecule has 1 rings (SSSR count). The number of esters is 1. The molecular formula is C10H18ClNO2. The van der Waals surface area contributed by atoms with Crippen LogP contribution in [0.4, 0.5) is 0 Å². The first-order chi connectivity index (χ1) is 6.72. The fraction of sp³-hybridized carbons (Fsp3) is 0.900. The zero-order valence-corrected chi connectivity index (χ0v) is 9.40. The highest BCUT2D eigenvalue weighted by atomic mass is 35.5. The topological polar surface area (TPSA) is 38.3 Å². The molecule has 0 unspecified atom stereocenters. The van der Waals surface area contributed by atoms with Gasteiger partial charge >= 0.3 is 5.97 Å². The lowest BCUT2D eigenvalue weighted by Gasteiger charge is -2.35. The molecule has 0 spiro atoms. The molecular weight excluding hydrogens is 202 g/mol. The van der Waals surface area contributed by atoms with Gasteiger partial charge in [0, 0.05) is 6.54 Å². The summed E-state index contributed by atoms with van der Waals surface area (Å²) in [5.74, 6) is -0.126. The summed E-state index contributed by atoms with van der Waals surface area (Å²) in [6, 6.07) is 0. The van der Waals surface area contributed by atoms with E-state index in [9.17, 15) is 4.79 Å². The van der Waals surface area contributed by atoms with E-state index in [2.05, 4.69) is 4.84 Å². The number of nitrogens with one attached hydrogen (secondary N) is 1. The zero-order valence-electron chi connectivity index (χ0n) is 8.64. The van der Waals surface area contributed by atoms with Gasteiger partial charge < -0.3 is 4.74 Å². The molecule has 1 saturated carbocycles. The molecule has 1 aliphatic rings. The Morgan fingerprint density at radius 2 is 2.07 bits per heavy atom. The lowest BCUT2D eigenvalue weighted by atomic mass is 9.72. The Labute approximate surface area is 90.3 Å². The number of ether oxygens (including phenoxy) is 1. The van der Waals surface area contributed by atoms with Gasteiger partial charge in [0.2, 0.25) is 0 Å². The largest absolute Gasteiger partial charge is 0.469 e. The normalized spacial score (nSPS) is 20.4. The van der Waals surface area contributed by atoms with Crippen LogP contribution in [0, 0.1) is 5.41 Å². The molecule has 1 N–H and O–H groups in total. The van der Waals surface area contributed by atoms with Crippen LogP contribution < -0.4 is 4.84 Å². The molecule has 0 radical (unpaired) electrons. The van der Waals surface area contributed by atoms with Crippen LogP contribution in [0.2, 0.25) is 0 Å². The molecule has 0 aromatic heterocycles. The van der Waals surface area contributed by atoms with Crippen molar-refractivity contribution in [2.24, 2.45) is 5.41 Å². The Morgan fingerprint density at radius 1 is 1.43 bits per heavy atom. The van der Waals surface area contributed by atoms with Crippen LogP contribution in [0.1, 0.15) is 38.5 Å². The Bertz CT molecular complexity index is 185. The molecule has 0 atom stereocenters. The van der Waals surface area contributed by atoms with Crippen molar-refractivity contribution in [1.82, 2.24) is 4.84 Å². The lowest BCUT2D eigenvalue weighted by Crippen LogP contribution is -2.35. The van der Waals surface area contributed by atoms with Crippen molar-refractivity contribution in [2.45, 2.75) is 38.5 Å². The fourth-order valence-electron chi connectivity index (χ4n) is 2.24. The minimum Gasteiger partial charge on any atom is -0.469 e. The number of hydrogen-bond donors (Lipinski definition) is 1. The van der Waals surface area contributed by atoms with Crippen molar-refractivity contribution in [3.05, 3.63) is 0 Å². The van der Waals surface area contributed by atoms with Crippen LogP contribution in [-0.2, 0) is 9.53 Å². The maximum absolute atomic E-state index is 11.3. The van der Waals surface area contributed by atoms with E-state index in [4.69, 9.17) is 16.5 Å². The van der Waals surface area contributed by atoms with Crippen molar-refractivity contribution < 1.29 is 9.53 Å². The third-order valence-electron chi connectivity index (χ3n) is 3.10. The van der Waals surface area contributed by atoms with Crippen LogP contribution in [0.5, 0.6) is 0 Å². The van der Waals surface area contributed by atoms with Crippen molar-refractivity contribution in [3.8, 4) is 0 Å². The molecule has 82 valence electrons. The summed E-state index contributed by atoms with van der Waals surface area (Å²) in [5.41, 5.74) is 0.0348. The Balaban J connectivity index is 2.55. The van der Waals surface area contributed by atoms with Gasteiger partial charge in [0.05, 0.1) is 13.5 Å². The van der Waals surface area contributed by atoms with Crippen molar-refractivity contribution in [3.63, 3.8) is 0 Å². The Morgan fingerprint density at radius 3 is 2.57 bits per heavy atom. The minimum atomic E-state index is -0.126. The molecule has 0 aromatic rings. The van der Waals surface area contributed by atoms with Crippen molar-refractivity contribution in [2.75, 3.05) is 13.7 Å².